The first-order valence-corrected chi connectivity index (χ1v) is 4.32. The van der Waals surface area contributed by atoms with Gasteiger partial charge < -0.3 is 17.4 Å². The third kappa shape index (κ3) is 15.8. The van der Waals surface area contributed by atoms with Gasteiger partial charge in [-0.05, 0) is 14.1 Å². The average Bonchev–Trinajstić information content (AvgIpc) is 2.03. The van der Waals surface area contributed by atoms with E-state index in [-0.39, 0.29) is 27.8 Å². The molecule has 0 unspecified atom stereocenters. The van der Waals surface area contributed by atoms with Crippen LogP contribution in [0, 0.1) is 13.5 Å². The van der Waals surface area contributed by atoms with Gasteiger partial charge in [-0.2, -0.15) is 30.3 Å². The van der Waals surface area contributed by atoms with E-state index < -0.39 is 5.97 Å². The topological polar surface area (TPSA) is 40.5 Å². The second-order valence-electron chi connectivity index (χ2n) is 3.14. The Morgan fingerprint density at radius 2 is 1.94 bits per heavy atom. The van der Waals surface area contributed by atoms with Crippen molar-refractivity contribution in [1.82, 2.24) is 4.90 Å². The van der Waals surface area contributed by atoms with E-state index in [1.54, 1.807) is 0 Å². The van der Waals surface area contributed by atoms with Crippen LogP contribution in [0.3, 0.4) is 0 Å². The summed E-state index contributed by atoms with van der Waals surface area (Å²) >= 11 is 0. The normalized spacial score (nSPS) is 8.00. The molecule has 0 saturated heterocycles. The first kappa shape index (κ1) is 20.7. The molecule has 0 spiro atoms. The summed E-state index contributed by atoms with van der Waals surface area (Å²) in [4.78, 5) is 11.1. The number of nitrogens with zero attached hydrogens (tertiary/aromatic N) is 1. The molecular formula is C12H19NO2Pd-2. The Hall–Kier alpha value is -0.688. The van der Waals surface area contributed by atoms with Gasteiger partial charge in [-0.15, -0.1) is 5.56 Å². The Bertz CT molecular complexity index is 259. The summed E-state index contributed by atoms with van der Waals surface area (Å²) < 4.78 is 0. The van der Waals surface area contributed by atoms with Gasteiger partial charge in [0.05, 0.1) is 0 Å². The number of carboxylic acid groups (broad SMARTS) is 1. The quantitative estimate of drug-likeness (QED) is 0.671. The van der Waals surface area contributed by atoms with Crippen LogP contribution in [0.5, 0.6) is 0 Å². The predicted molar refractivity (Wildman–Crippen MR) is 62.4 cm³/mol. The van der Waals surface area contributed by atoms with Crippen molar-refractivity contribution >= 4 is 5.97 Å². The molecule has 3 nitrogen and oxygen atoms in total. The number of hydrogen-bond acceptors (Lipinski definition) is 2. The zero-order valence-corrected chi connectivity index (χ0v) is 11.7. The fraction of sp³-hybridized carbons (Fsp3) is 0.333. The minimum Gasteiger partial charge on any atom is -0.481 e. The van der Waals surface area contributed by atoms with Crippen LogP contribution >= 0.6 is 0 Å². The van der Waals surface area contributed by atoms with E-state index in [2.05, 4.69) is 31.1 Å². The molecule has 0 amide bonds. The van der Waals surface area contributed by atoms with Gasteiger partial charge in [0.1, 0.15) is 0 Å². The Kier molecular flexibility index (Phi) is 16.0. The molecule has 4 heteroatoms. The molecule has 0 aliphatic heterocycles. The molecule has 0 fully saturated rings. The summed E-state index contributed by atoms with van der Waals surface area (Å²) in [5.41, 5.74) is 1.24. The smallest absolute Gasteiger partial charge is 0.300 e. The number of benzene rings is 1. The Morgan fingerprint density at radius 3 is 2.25 bits per heavy atom. The SMILES string of the molecule is CC(=O)O.CN(C)Cc1[c-]cccc1.[CH3-].[Pd]. The molecule has 1 rings (SSSR count). The number of aliphatic carboxylic acids is 1. The maximum absolute atomic E-state index is 9.00. The van der Waals surface area contributed by atoms with E-state index in [9.17, 15) is 0 Å². The fourth-order valence-corrected chi connectivity index (χ4v) is 0.870. The molecule has 0 aliphatic rings. The van der Waals surface area contributed by atoms with Crippen LogP contribution in [-0.2, 0) is 31.8 Å². The minimum absolute atomic E-state index is 0. The zero-order valence-electron chi connectivity index (χ0n) is 10.1. The fourth-order valence-electron chi connectivity index (χ4n) is 0.870. The zero-order chi connectivity index (χ0) is 11.0. The van der Waals surface area contributed by atoms with Crippen LogP contribution < -0.4 is 0 Å². The largest absolute Gasteiger partial charge is 0.481 e. The molecule has 0 bridgehead atoms. The molecule has 16 heavy (non-hydrogen) atoms. The van der Waals surface area contributed by atoms with Crippen LogP contribution in [0.15, 0.2) is 24.3 Å². The van der Waals surface area contributed by atoms with Gasteiger partial charge in [-0.1, -0.05) is 0 Å². The molecule has 1 N–H and O–H groups in total. The first-order valence-electron chi connectivity index (χ1n) is 4.32. The van der Waals surface area contributed by atoms with Gasteiger partial charge >= 0.3 is 0 Å². The van der Waals surface area contributed by atoms with E-state index in [0.29, 0.717) is 0 Å². The Balaban J connectivity index is -0.000000249. The standard InChI is InChI=1S/C9H12N.C2H4O2.CH3.Pd/c1-10(2)8-9-6-4-3-5-7-9;1-2(3)4;;/h3-6H,8H2,1-2H3;1H3,(H,3,4);1H3;/q-1;;-1;. The number of carbonyl (C=O) groups is 1. The summed E-state index contributed by atoms with van der Waals surface area (Å²) in [5, 5.41) is 7.42. The molecule has 1 aromatic carbocycles. The summed E-state index contributed by atoms with van der Waals surface area (Å²) in [7, 11) is 4.11. The third-order valence-corrected chi connectivity index (χ3v) is 1.26. The third-order valence-electron chi connectivity index (χ3n) is 1.26. The Labute approximate surface area is 112 Å². The van der Waals surface area contributed by atoms with Crippen LogP contribution in [0.4, 0.5) is 0 Å². The van der Waals surface area contributed by atoms with Gasteiger partial charge in [0, 0.05) is 33.9 Å². The monoisotopic (exact) mass is 315 g/mol. The van der Waals surface area contributed by atoms with Crippen molar-refractivity contribution < 1.29 is 30.3 Å². The van der Waals surface area contributed by atoms with E-state index in [1.807, 2.05) is 18.2 Å². The van der Waals surface area contributed by atoms with Gasteiger partial charge in [0.2, 0.25) is 0 Å². The summed E-state index contributed by atoms with van der Waals surface area (Å²) in [6.45, 7) is 2.06. The molecule has 0 atom stereocenters. The van der Waals surface area contributed by atoms with Crippen molar-refractivity contribution in [3.05, 3.63) is 43.3 Å². The summed E-state index contributed by atoms with van der Waals surface area (Å²) in [6.07, 6.45) is 0. The minimum atomic E-state index is -0.833. The van der Waals surface area contributed by atoms with Gasteiger partial charge in [-0.3, -0.25) is 4.79 Å². The van der Waals surface area contributed by atoms with Crippen molar-refractivity contribution in [2.45, 2.75) is 13.5 Å². The molecule has 96 valence electrons. The van der Waals surface area contributed by atoms with Crippen molar-refractivity contribution in [3.63, 3.8) is 0 Å². The van der Waals surface area contributed by atoms with Crippen molar-refractivity contribution in [2.75, 3.05) is 14.1 Å². The summed E-state index contributed by atoms with van der Waals surface area (Å²) in [5.74, 6) is -0.833. The van der Waals surface area contributed by atoms with Gasteiger partial charge in [0.25, 0.3) is 5.97 Å². The van der Waals surface area contributed by atoms with Crippen molar-refractivity contribution in [1.29, 1.82) is 0 Å². The second-order valence-corrected chi connectivity index (χ2v) is 3.14. The van der Waals surface area contributed by atoms with Crippen molar-refractivity contribution in [3.8, 4) is 0 Å². The first-order chi connectivity index (χ1) is 6.52. The molecule has 0 saturated carbocycles. The van der Waals surface area contributed by atoms with E-state index in [4.69, 9.17) is 9.90 Å². The molecule has 0 radical (unpaired) electrons. The molecule has 0 aromatic heterocycles. The van der Waals surface area contributed by atoms with E-state index in [1.165, 1.54) is 5.56 Å². The molecule has 1 aromatic rings. The number of carboxylic acids is 1. The van der Waals surface area contributed by atoms with Crippen LogP contribution in [-0.4, -0.2) is 30.1 Å². The second kappa shape index (κ2) is 12.4. The molecule has 0 aliphatic carbocycles. The average molecular weight is 316 g/mol. The number of rotatable bonds is 2. The van der Waals surface area contributed by atoms with Gasteiger partial charge in [0.15, 0.2) is 0 Å². The van der Waals surface area contributed by atoms with E-state index >= 15 is 0 Å². The maximum atomic E-state index is 9.00. The number of hydrogen-bond donors (Lipinski definition) is 1. The van der Waals surface area contributed by atoms with Crippen LogP contribution in [0.1, 0.15) is 12.5 Å². The van der Waals surface area contributed by atoms with Crippen LogP contribution in [0.2, 0.25) is 0 Å². The van der Waals surface area contributed by atoms with E-state index in [0.717, 1.165) is 13.5 Å². The molecule has 0 heterocycles. The predicted octanol–water partition coefficient (Wildman–Crippen LogP) is 2.09. The molecular weight excluding hydrogens is 297 g/mol. The Morgan fingerprint density at radius 1 is 1.44 bits per heavy atom. The van der Waals surface area contributed by atoms with Gasteiger partial charge in [-0.25, -0.2) is 0 Å². The van der Waals surface area contributed by atoms with Crippen molar-refractivity contribution in [2.24, 2.45) is 0 Å². The summed E-state index contributed by atoms with van der Waals surface area (Å²) in [6, 6.07) is 11.2. The maximum Gasteiger partial charge on any atom is 0.300 e. The van der Waals surface area contributed by atoms with Crippen LogP contribution in [0.25, 0.3) is 0 Å².